The Bertz CT molecular complexity index is 1150. The summed E-state index contributed by atoms with van der Waals surface area (Å²) in [5.41, 5.74) is 0.521. The fraction of sp³-hybridized carbons (Fsp3) is 0.0667. The fourth-order valence-corrected chi connectivity index (χ4v) is 4.98. The molecular weight excluding hydrogens is 435 g/mol. The van der Waals surface area contributed by atoms with Crippen LogP contribution in [0.4, 0.5) is 10.8 Å². The number of anilines is 1. The third kappa shape index (κ3) is 4.03. The molecule has 3 rings (SSSR count). The van der Waals surface area contributed by atoms with Crippen LogP contribution >= 0.6 is 34.5 Å². The number of nitrogens with zero attached hydrogens (tertiary/aromatic N) is 3. The molecule has 2 aromatic carbocycles. The summed E-state index contributed by atoms with van der Waals surface area (Å²) in [6.45, 7) is 1.59. The van der Waals surface area contributed by atoms with Crippen LogP contribution in [0.3, 0.4) is 0 Å². The van der Waals surface area contributed by atoms with Gasteiger partial charge in [0, 0.05) is 22.7 Å². The summed E-state index contributed by atoms with van der Waals surface area (Å²) >= 11 is 13.0. The van der Waals surface area contributed by atoms with Gasteiger partial charge in [0.1, 0.15) is 0 Å². The Morgan fingerprint density at radius 3 is 2.59 bits per heavy atom. The van der Waals surface area contributed by atoms with Crippen LogP contribution in [0.15, 0.2) is 41.3 Å². The maximum absolute atomic E-state index is 12.6. The lowest BCUT2D eigenvalue weighted by Crippen LogP contribution is -2.14. The van der Waals surface area contributed by atoms with Crippen LogP contribution in [-0.2, 0) is 10.0 Å². The van der Waals surface area contributed by atoms with E-state index in [9.17, 15) is 18.5 Å². The normalized spacial score (nSPS) is 11.4. The fourth-order valence-electron chi connectivity index (χ4n) is 2.21. The summed E-state index contributed by atoms with van der Waals surface area (Å²) < 4.78 is 27.5. The second kappa shape index (κ2) is 7.39. The highest BCUT2D eigenvalue weighted by Gasteiger charge is 2.21. The van der Waals surface area contributed by atoms with E-state index in [2.05, 4.69) is 14.9 Å². The molecule has 0 saturated carbocycles. The molecular formula is C15H10Cl2N4O4S2. The zero-order chi connectivity index (χ0) is 19.8. The predicted molar refractivity (Wildman–Crippen MR) is 104 cm³/mol. The third-order valence-electron chi connectivity index (χ3n) is 3.55. The smallest absolute Gasteiger partial charge is 0.258 e. The van der Waals surface area contributed by atoms with E-state index in [4.69, 9.17) is 23.2 Å². The second-order valence-electron chi connectivity index (χ2n) is 5.30. The first-order valence-corrected chi connectivity index (χ1v) is 10.3. The van der Waals surface area contributed by atoms with Crippen molar-refractivity contribution >= 4 is 55.4 Å². The molecule has 0 spiro atoms. The molecule has 3 aromatic rings. The van der Waals surface area contributed by atoms with Gasteiger partial charge in [-0.15, -0.1) is 10.2 Å². The van der Waals surface area contributed by atoms with Crippen LogP contribution in [0.2, 0.25) is 10.0 Å². The Hall–Kier alpha value is -2.27. The van der Waals surface area contributed by atoms with E-state index in [-0.39, 0.29) is 31.3 Å². The van der Waals surface area contributed by atoms with Crippen LogP contribution < -0.4 is 4.72 Å². The molecule has 0 unspecified atom stereocenters. The van der Waals surface area contributed by atoms with Crippen molar-refractivity contribution in [3.05, 3.63) is 62.1 Å². The first-order valence-electron chi connectivity index (χ1n) is 7.25. The second-order valence-corrected chi connectivity index (χ2v) is 8.74. The lowest BCUT2D eigenvalue weighted by atomic mass is 10.2. The monoisotopic (exact) mass is 444 g/mol. The number of hydrogen-bond acceptors (Lipinski definition) is 7. The number of rotatable bonds is 5. The molecule has 0 radical (unpaired) electrons. The number of nitro benzene ring substituents is 1. The van der Waals surface area contributed by atoms with E-state index >= 15 is 0 Å². The standard InChI is InChI=1S/C15H10Cl2N4O4S2/c1-8-11(16)3-2-4-13(8)27(24,25)20-15-19-18-14(26-15)10-7-9(21(22)23)5-6-12(10)17/h2-7H,1H3,(H,19,20). The van der Waals surface area contributed by atoms with Crippen molar-refractivity contribution in [3.8, 4) is 10.6 Å². The van der Waals surface area contributed by atoms with Gasteiger partial charge >= 0.3 is 0 Å². The molecule has 0 aliphatic rings. The van der Waals surface area contributed by atoms with Gasteiger partial charge in [-0.2, -0.15) is 0 Å². The zero-order valence-corrected chi connectivity index (χ0v) is 16.7. The van der Waals surface area contributed by atoms with Gasteiger partial charge in [-0.05, 0) is 30.7 Å². The lowest BCUT2D eigenvalue weighted by Gasteiger charge is -2.08. The van der Waals surface area contributed by atoms with Crippen molar-refractivity contribution in [3.63, 3.8) is 0 Å². The van der Waals surface area contributed by atoms with E-state index < -0.39 is 14.9 Å². The van der Waals surface area contributed by atoms with Gasteiger partial charge in [0.25, 0.3) is 15.7 Å². The number of halogens is 2. The molecule has 1 N–H and O–H groups in total. The third-order valence-corrected chi connectivity index (χ3v) is 6.77. The van der Waals surface area contributed by atoms with Crippen LogP contribution in [0.5, 0.6) is 0 Å². The number of nitro groups is 1. The topological polar surface area (TPSA) is 115 Å². The predicted octanol–water partition coefficient (Wildman–Crippen LogP) is 4.53. The highest BCUT2D eigenvalue weighted by Crippen LogP contribution is 2.35. The summed E-state index contributed by atoms with van der Waals surface area (Å²) in [6.07, 6.45) is 0. The molecule has 12 heteroatoms. The Labute approximate surface area is 168 Å². The van der Waals surface area contributed by atoms with E-state index in [1.165, 1.54) is 30.3 Å². The number of sulfonamides is 1. The molecule has 0 aliphatic heterocycles. The van der Waals surface area contributed by atoms with Crippen molar-refractivity contribution in [2.24, 2.45) is 0 Å². The summed E-state index contributed by atoms with van der Waals surface area (Å²) in [6, 6.07) is 8.42. The summed E-state index contributed by atoms with van der Waals surface area (Å²) in [5.74, 6) is 0. The molecule has 0 amide bonds. The number of non-ortho nitro benzene ring substituents is 1. The number of hydrogen-bond donors (Lipinski definition) is 1. The Morgan fingerprint density at radius 2 is 1.89 bits per heavy atom. The van der Waals surface area contributed by atoms with Gasteiger partial charge in [-0.1, -0.05) is 40.6 Å². The van der Waals surface area contributed by atoms with Crippen LogP contribution in [0.1, 0.15) is 5.56 Å². The van der Waals surface area contributed by atoms with Crippen LogP contribution in [0, 0.1) is 17.0 Å². The zero-order valence-electron chi connectivity index (χ0n) is 13.5. The summed E-state index contributed by atoms with van der Waals surface area (Å²) in [4.78, 5) is 10.4. The number of aromatic nitrogens is 2. The van der Waals surface area contributed by atoms with Gasteiger partial charge in [-0.25, -0.2) is 8.42 Å². The van der Waals surface area contributed by atoms with Gasteiger partial charge in [-0.3, -0.25) is 14.8 Å². The van der Waals surface area contributed by atoms with Crippen LogP contribution in [0.25, 0.3) is 10.6 Å². The average Bonchev–Trinajstić information content (AvgIpc) is 3.04. The maximum atomic E-state index is 12.6. The lowest BCUT2D eigenvalue weighted by molar-refractivity contribution is -0.384. The molecule has 8 nitrogen and oxygen atoms in total. The van der Waals surface area contributed by atoms with Gasteiger partial charge in [0.2, 0.25) is 5.13 Å². The molecule has 1 aromatic heterocycles. The van der Waals surface area contributed by atoms with Gasteiger partial charge in [0.15, 0.2) is 5.01 Å². The molecule has 1 heterocycles. The highest BCUT2D eigenvalue weighted by atomic mass is 35.5. The van der Waals surface area contributed by atoms with E-state index in [1.807, 2.05) is 0 Å². The molecule has 0 fully saturated rings. The summed E-state index contributed by atoms with van der Waals surface area (Å²) in [5, 5.41) is 19.4. The first-order chi connectivity index (χ1) is 12.7. The first kappa shape index (κ1) is 19.5. The van der Waals surface area contributed by atoms with Crippen molar-refractivity contribution in [2.75, 3.05) is 4.72 Å². The van der Waals surface area contributed by atoms with Crippen molar-refractivity contribution in [1.29, 1.82) is 0 Å². The summed E-state index contributed by atoms with van der Waals surface area (Å²) in [7, 11) is -3.93. The Morgan fingerprint density at radius 1 is 1.15 bits per heavy atom. The Balaban J connectivity index is 1.94. The van der Waals surface area contributed by atoms with Crippen molar-refractivity contribution < 1.29 is 13.3 Å². The minimum Gasteiger partial charge on any atom is -0.258 e. The molecule has 140 valence electrons. The van der Waals surface area contributed by atoms with Crippen LogP contribution in [-0.4, -0.2) is 23.5 Å². The van der Waals surface area contributed by atoms with E-state index in [1.54, 1.807) is 13.0 Å². The van der Waals surface area contributed by atoms with Crippen molar-refractivity contribution in [2.45, 2.75) is 11.8 Å². The number of benzene rings is 2. The SMILES string of the molecule is Cc1c(Cl)cccc1S(=O)(=O)Nc1nnc(-c2cc([N+](=O)[O-])ccc2Cl)s1. The largest absolute Gasteiger partial charge is 0.270 e. The molecule has 0 saturated heterocycles. The molecule has 0 bridgehead atoms. The Kier molecular flexibility index (Phi) is 5.33. The van der Waals surface area contributed by atoms with Crippen molar-refractivity contribution in [1.82, 2.24) is 10.2 Å². The molecule has 27 heavy (non-hydrogen) atoms. The quantitative estimate of drug-likeness (QED) is 0.456. The highest BCUT2D eigenvalue weighted by molar-refractivity contribution is 7.93. The minimum atomic E-state index is -3.93. The molecule has 0 aliphatic carbocycles. The van der Waals surface area contributed by atoms with Gasteiger partial charge < -0.3 is 0 Å². The van der Waals surface area contributed by atoms with Gasteiger partial charge in [0.05, 0.1) is 14.8 Å². The van der Waals surface area contributed by atoms with E-state index in [0.29, 0.717) is 10.6 Å². The minimum absolute atomic E-state index is 0.00746. The maximum Gasteiger partial charge on any atom is 0.270 e. The number of nitrogens with one attached hydrogen (secondary N) is 1. The van der Waals surface area contributed by atoms with E-state index in [0.717, 1.165) is 11.3 Å². The average molecular weight is 445 g/mol. The molecule has 0 atom stereocenters.